The van der Waals surface area contributed by atoms with Crippen molar-refractivity contribution in [1.29, 1.82) is 0 Å². The third-order valence-electron chi connectivity index (χ3n) is 2.20. The van der Waals surface area contributed by atoms with E-state index in [0.29, 0.717) is 5.75 Å². The van der Waals surface area contributed by atoms with Crippen LogP contribution < -0.4 is 4.74 Å². The zero-order valence-corrected chi connectivity index (χ0v) is 9.53. The first-order chi connectivity index (χ1) is 7.65. The van der Waals surface area contributed by atoms with Gasteiger partial charge in [0.1, 0.15) is 17.2 Å². The van der Waals surface area contributed by atoms with E-state index in [2.05, 4.69) is 0 Å². The summed E-state index contributed by atoms with van der Waals surface area (Å²) < 4.78 is 5.60. The molecule has 0 amide bonds. The molecule has 0 saturated carbocycles. The highest BCUT2D eigenvalue weighted by Crippen LogP contribution is 2.26. The Labute approximate surface area is 99.1 Å². The van der Waals surface area contributed by atoms with E-state index >= 15 is 0 Å². The van der Waals surface area contributed by atoms with Gasteiger partial charge in [0, 0.05) is 5.02 Å². The van der Waals surface area contributed by atoms with Gasteiger partial charge in [-0.25, -0.2) is 0 Å². The second kappa shape index (κ2) is 4.45. The fourth-order valence-corrected chi connectivity index (χ4v) is 1.45. The average Bonchev–Trinajstić information content (AvgIpc) is 2.27. The van der Waals surface area contributed by atoms with Gasteiger partial charge >= 0.3 is 0 Å². The largest absolute Gasteiger partial charge is 0.508 e. The minimum absolute atomic E-state index is 0.222. The lowest BCUT2D eigenvalue weighted by Crippen LogP contribution is -1.84. The summed E-state index contributed by atoms with van der Waals surface area (Å²) in [6.45, 7) is 1.92. The quantitative estimate of drug-likeness (QED) is 0.846. The molecule has 0 aliphatic carbocycles. The van der Waals surface area contributed by atoms with Crippen molar-refractivity contribution in [1.82, 2.24) is 0 Å². The summed E-state index contributed by atoms with van der Waals surface area (Å²) in [5, 5.41) is 9.85. The zero-order valence-electron chi connectivity index (χ0n) is 8.77. The van der Waals surface area contributed by atoms with Crippen LogP contribution in [0.4, 0.5) is 0 Å². The summed E-state index contributed by atoms with van der Waals surface area (Å²) in [7, 11) is 0. The first-order valence-corrected chi connectivity index (χ1v) is 5.26. The molecule has 0 unspecified atom stereocenters. The molecular formula is C13H11ClO2. The standard InChI is InChI=1S/C13H11ClO2/c1-9-8-12(6-7-13(9)14)16-11-4-2-10(15)3-5-11/h2-8,15H,1H3. The molecule has 0 fully saturated rings. The van der Waals surface area contributed by atoms with Crippen molar-refractivity contribution in [2.24, 2.45) is 0 Å². The molecule has 0 heterocycles. The van der Waals surface area contributed by atoms with Crippen LogP contribution in [0.3, 0.4) is 0 Å². The number of rotatable bonds is 2. The molecule has 0 radical (unpaired) electrons. The van der Waals surface area contributed by atoms with Crippen molar-refractivity contribution >= 4 is 11.6 Å². The van der Waals surface area contributed by atoms with Gasteiger partial charge in [0.05, 0.1) is 0 Å². The minimum Gasteiger partial charge on any atom is -0.508 e. The molecule has 0 spiro atoms. The van der Waals surface area contributed by atoms with E-state index in [1.807, 2.05) is 19.1 Å². The van der Waals surface area contributed by atoms with Crippen molar-refractivity contribution in [2.75, 3.05) is 0 Å². The SMILES string of the molecule is Cc1cc(Oc2ccc(O)cc2)ccc1Cl. The highest BCUT2D eigenvalue weighted by Gasteiger charge is 2.00. The number of benzene rings is 2. The number of ether oxygens (including phenoxy) is 1. The van der Waals surface area contributed by atoms with Gasteiger partial charge in [0.2, 0.25) is 0 Å². The van der Waals surface area contributed by atoms with Crippen molar-refractivity contribution in [3.05, 3.63) is 53.1 Å². The van der Waals surface area contributed by atoms with E-state index in [1.54, 1.807) is 30.3 Å². The Morgan fingerprint density at radius 1 is 1.00 bits per heavy atom. The minimum atomic E-state index is 0.222. The fourth-order valence-electron chi connectivity index (χ4n) is 1.33. The third-order valence-corrected chi connectivity index (χ3v) is 2.63. The molecule has 0 atom stereocenters. The Bertz CT molecular complexity index is 492. The molecule has 2 aromatic rings. The second-order valence-electron chi connectivity index (χ2n) is 3.51. The van der Waals surface area contributed by atoms with Crippen LogP contribution in [0.5, 0.6) is 17.2 Å². The summed E-state index contributed by atoms with van der Waals surface area (Å²) in [6, 6.07) is 12.1. The lowest BCUT2D eigenvalue weighted by molar-refractivity contribution is 0.464. The highest BCUT2D eigenvalue weighted by molar-refractivity contribution is 6.31. The summed E-state index contributed by atoms with van der Waals surface area (Å²) in [5.74, 6) is 1.63. The van der Waals surface area contributed by atoms with E-state index in [1.165, 1.54) is 0 Å². The number of aryl methyl sites for hydroxylation is 1. The van der Waals surface area contributed by atoms with Crippen LogP contribution in [0.15, 0.2) is 42.5 Å². The molecule has 0 aliphatic heterocycles. The van der Waals surface area contributed by atoms with Gasteiger partial charge in [-0.2, -0.15) is 0 Å². The van der Waals surface area contributed by atoms with Crippen LogP contribution in [0, 0.1) is 6.92 Å². The van der Waals surface area contributed by atoms with Gasteiger partial charge in [-0.3, -0.25) is 0 Å². The van der Waals surface area contributed by atoms with Crippen LogP contribution in [-0.2, 0) is 0 Å². The molecule has 0 aliphatic rings. The van der Waals surface area contributed by atoms with Crippen LogP contribution >= 0.6 is 11.6 Å². The van der Waals surface area contributed by atoms with E-state index in [0.717, 1.165) is 16.3 Å². The summed E-state index contributed by atoms with van der Waals surface area (Å²) in [5.41, 5.74) is 0.970. The van der Waals surface area contributed by atoms with Gasteiger partial charge in [-0.05, 0) is 55.0 Å². The van der Waals surface area contributed by atoms with E-state index in [-0.39, 0.29) is 5.75 Å². The Kier molecular flexibility index (Phi) is 3.02. The van der Waals surface area contributed by atoms with E-state index in [9.17, 15) is 0 Å². The number of aromatic hydroxyl groups is 1. The van der Waals surface area contributed by atoms with Gasteiger partial charge in [-0.15, -0.1) is 0 Å². The van der Waals surface area contributed by atoms with Gasteiger partial charge in [0.25, 0.3) is 0 Å². The molecule has 82 valence electrons. The Hall–Kier alpha value is -1.67. The molecule has 3 heteroatoms. The fraction of sp³-hybridized carbons (Fsp3) is 0.0769. The van der Waals surface area contributed by atoms with Crippen molar-refractivity contribution in [3.63, 3.8) is 0 Å². The Morgan fingerprint density at radius 2 is 1.62 bits per heavy atom. The lowest BCUT2D eigenvalue weighted by atomic mass is 10.2. The van der Waals surface area contributed by atoms with E-state index < -0.39 is 0 Å². The number of phenolic OH excluding ortho intramolecular Hbond substituents is 1. The van der Waals surface area contributed by atoms with Crippen molar-refractivity contribution in [3.8, 4) is 17.2 Å². The molecule has 2 aromatic carbocycles. The number of hydrogen-bond acceptors (Lipinski definition) is 2. The Morgan fingerprint density at radius 3 is 2.25 bits per heavy atom. The molecule has 16 heavy (non-hydrogen) atoms. The normalized spacial score (nSPS) is 10.1. The second-order valence-corrected chi connectivity index (χ2v) is 3.91. The van der Waals surface area contributed by atoms with Crippen molar-refractivity contribution < 1.29 is 9.84 Å². The van der Waals surface area contributed by atoms with Crippen LogP contribution in [0.2, 0.25) is 5.02 Å². The first-order valence-electron chi connectivity index (χ1n) is 4.88. The molecule has 1 N–H and O–H groups in total. The van der Waals surface area contributed by atoms with Gasteiger partial charge < -0.3 is 9.84 Å². The number of halogens is 1. The third kappa shape index (κ3) is 2.47. The molecule has 2 rings (SSSR count). The summed E-state index contributed by atoms with van der Waals surface area (Å²) in [4.78, 5) is 0. The topological polar surface area (TPSA) is 29.5 Å². The Balaban J connectivity index is 2.20. The first kappa shape index (κ1) is 10.8. The molecule has 0 bridgehead atoms. The van der Waals surface area contributed by atoms with Crippen LogP contribution in [0.1, 0.15) is 5.56 Å². The zero-order chi connectivity index (χ0) is 11.5. The average molecular weight is 235 g/mol. The van der Waals surface area contributed by atoms with Crippen LogP contribution in [0.25, 0.3) is 0 Å². The monoisotopic (exact) mass is 234 g/mol. The maximum Gasteiger partial charge on any atom is 0.127 e. The summed E-state index contributed by atoms with van der Waals surface area (Å²) in [6.07, 6.45) is 0. The van der Waals surface area contributed by atoms with Crippen LogP contribution in [-0.4, -0.2) is 5.11 Å². The smallest absolute Gasteiger partial charge is 0.127 e. The maximum absolute atomic E-state index is 9.13. The predicted molar refractivity (Wildman–Crippen MR) is 64.4 cm³/mol. The maximum atomic E-state index is 9.13. The number of hydrogen-bond donors (Lipinski definition) is 1. The predicted octanol–water partition coefficient (Wildman–Crippen LogP) is 4.15. The molecular weight excluding hydrogens is 224 g/mol. The highest BCUT2D eigenvalue weighted by atomic mass is 35.5. The molecule has 2 nitrogen and oxygen atoms in total. The van der Waals surface area contributed by atoms with Gasteiger partial charge in [0.15, 0.2) is 0 Å². The van der Waals surface area contributed by atoms with Crippen molar-refractivity contribution in [2.45, 2.75) is 6.92 Å². The van der Waals surface area contributed by atoms with Gasteiger partial charge in [-0.1, -0.05) is 11.6 Å². The summed E-state index contributed by atoms with van der Waals surface area (Å²) >= 11 is 5.92. The molecule has 0 aromatic heterocycles. The lowest BCUT2D eigenvalue weighted by Gasteiger charge is -2.07. The van der Waals surface area contributed by atoms with E-state index in [4.69, 9.17) is 21.4 Å². The number of phenols is 1. The molecule has 0 saturated heterocycles.